The summed E-state index contributed by atoms with van der Waals surface area (Å²) in [5.74, 6) is 0. The standard InChI is InChI=1S/C21H26O2/c1-16-4-8-18(9-5-16)20(22)12-3-13-21(23,15-14-20)19-10-6-17(2)7-11-19/h4-11,22-23H,3,12-15H2,1-2H3/t20-,21+. The fourth-order valence-electron chi connectivity index (χ4n) is 3.64. The molecule has 2 aromatic rings. The average Bonchev–Trinajstić information content (AvgIpc) is 2.69. The van der Waals surface area contributed by atoms with Crippen LogP contribution in [0.3, 0.4) is 0 Å². The molecule has 0 aliphatic heterocycles. The Morgan fingerprint density at radius 1 is 0.609 bits per heavy atom. The summed E-state index contributed by atoms with van der Waals surface area (Å²) >= 11 is 0. The minimum absolute atomic E-state index is 0.584. The third kappa shape index (κ3) is 3.34. The Morgan fingerprint density at radius 2 is 0.957 bits per heavy atom. The molecule has 0 spiro atoms. The summed E-state index contributed by atoms with van der Waals surface area (Å²) in [5.41, 5.74) is 2.67. The molecule has 0 bridgehead atoms. The van der Waals surface area contributed by atoms with Crippen LogP contribution < -0.4 is 0 Å². The lowest BCUT2D eigenvalue weighted by Crippen LogP contribution is -2.28. The Balaban J connectivity index is 1.83. The zero-order chi connectivity index (χ0) is 16.5. The van der Waals surface area contributed by atoms with Gasteiger partial charge in [0.25, 0.3) is 0 Å². The van der Waals surface area contributed by atoms with Crippen LogP contribution in [0.5, 0.6) is 0 Å². The molecule has 0 radical (unpaired) electrons. The molecule has 0 amide bonds. The van der Waals surface area contributed by atoms with Gasteiger partial charge < -0.3 is 10.2 Å². The van der Waals surface area contributed by atoms with Crippen molar-refractivity contribution < 1.29 is 10.2 Å². The van der Waals surface area contributed by atoms with E-state index in [2.05, 4.69) is 13.8 Å². The van der Waals surface area contributed by atoms with E-state index in [0.29, 0.717) is 25.7 Å². The van der Waals surface area contributed by atoms with Crippen molar-refractivity contribution in [2.45, 2.75) is 57.2 Å². The molecule has 3 rings (SSSR count). The highest BCUT2D eigenvalue weighted by atomic mass is 16.3. The van der Waals surface area contributed by atoms with Crippen molar-refractivity contribution in [3.63, 3.8) is 0 Å². The molecular weight excluding hydrogens is 284 g/mol. The van der Waals surface area contributed by atoms with Gasteiger partial charge in [0.2, 0.25) is 0 Å². The predicted octanol–water partition coefficient (Wildman–Crippen LogP) is 4.34. The van der Waals surface area contributed by atoms with E-state index in [9.17, 15) is 10.2 Å². The zero-order valence-corrected chi connectivity index (χ0v) is 14.0. The van der Waals surface area contributed by atoms with E-state index in [1.54, 1.807) is 0 Å². The molecule has 122 valence electrons. The lowest BCUT2D eigenvalue weighted by atomic mass is 9.83. The van der Waals surface area contributed by atoms with Crippen LogP contribution in [0.15, 0.2) is 48.5 Å². The maximum absolute atomic E-state index is 11.1. The maximum Gasteiger partial charge on any atom is 0.0897 e. The molecule has 23 heavy (non-hydrogen) atoms. The average molecular weight is 310 g/mol. The van der Waals surface area contributed by atoms with Crippen molar-refractivity contribution in [2.24, 2.45) is 0 Å². The third-order valence-electron chi connectivity index (χ3n) is 5.31. The van der Waals surface area contributed by atoms with Crippen molar-refractivity contribution in [2.75, 3.05) is 0 Å². The van der Waals surface area contributed by atoms with Crippen LogP contribution in [-0.4, -0.2) is 10.2 Å². The molecule has 1 saturated carbocycles. The summed E-state index contributed by atoms with van der Waals surface area (Å²) in [6.07, 6.45) is 3.38. The third-order valence-corrected chi connectivity index (χ3v) is 5.31. The Bertz CT molecular complexity index is 600. The van der Waals surface area contributed by atoms with Crippen LogP contribution >= 0.6 is 0 Å². The molecule has 2 atom stereocenters. The SMILES string of the molecule is Cc1ccc([C@@]2(O)CCC[C@@](O)(c3ccc(C)cc3)CC2)cc1. The molecule has 1 aliphatic carbocycles. The number of rotatable bonds is 2. The number of aliphatic hydroxyl groups is 2. The highest BCUT2D eigenvalue weighted by Crippen LogP contribution is 2.43. The van der Waals surface area contributed by atoms with E-state index >= 15 is 0 Å². The molecule has 0 heterocycles. The number of hydrogen-bond donors (Lipinski definition) is 2. The van der Waals surface area contributed by atoms with Crippen molar-refractivity contribution in [3.8, 4) is 0 Å². The van der Waals surface area contributed by atoms with E-state index in [4.69, 9.17) is 0 Å². The molecule has 2 aromatic carbocycles. The summed E-state index contributed by atoms with van der Waals surface area (Å²) in [6, 6.07) is 16.3. The van der Waals surface area contributed by atoms with Crippen molar-refractivity contribution in [1.82, 2.24) is 0 Å². The van der Waals surface area contributed by atoms with Gasteiger partial charge >= 0.3 is 0 Å². The first-order valence-electron chi connectivity index (χ1n) is 8.50. The first-order valence-corrected chi connectivity index (χ1v) is 8.50. The summed E-state index contributed by atoms with van der Waals surface area (Å²) in [7, 11) is 0. The van der Waals surface area contributed by atoms with Crippen LogP contribution in [-0.2, 0) is 11.2 Å². The molecule has 0 saturated heterocycles. The smallest absolute Gasteiger partial charge is 0.0897 e. The van der Waals surface area contributed by atoms with Crippen LogP contribution in [0.4, 0.5) is 0 Å². The number of benzene rings is 2. The van der Waals surface area contributed by atoms with Crippen LogP contribution in [0.25, 0.3) is 0 Å². The quantitative estimate of drug-likeness (QED) is 0.810. The molecule has 2 nitrogen and oxygen atoms in total. The molecule has 2 heteroatoms. The fourth-order valence-corrected chi connectivity index (χ4v) is 3.64. The van der Waals surface area contributed by atoms with Gasteiger partial charge in [0.1, 0.15) is 0 Å². The van der Waals surface area contributed by atoms with Gasteiger partial charge in [-0.2, -0.15) is 0 Å². The summed E-state index contributed by atoms with van der Waals surface area (Å²) in [6.45, 7) is 4.11. The highest BCUT2D eigenvalue weighted by Gasteiger charge is 2.39. The first kappa shape index (κ1) is 16.2. The Hall–Kier alpha value is -1.64. The lowest BCUT2D eigenvalue weighted by Gasteiger charge is -2.30. The second-order valence-electron chi connectivity index (χ2n) is 7.15. The summed E-state index contributed by atoms with van der Waals surface area (Å²) < 4.78 is 0. The topological polar surface area (TPSA) is 40.5 Å². The molecule has 0 aromatic heterocycles. The highest BCUT2D eigenvalue weighted by molar-refractivity contribution is 5.29. The van der Waals surface area contributed by atoms with Crippen LogP contribution in [0, 0.1) is 13.8 Å². The minimum Gasteiger partial charge on any atom is -0.385 e. The van der Waals surface area contributed by atoms with Gasteiger partial charge in [-0.1, -0.05) is 59.7 Å². The minimum atomic E-state index is -0.830. The fraction of sp³-hybridized carbons (Fsp3) is 0.429. The monoisotopic (exact) mass is 310 g/mol. The van der Waals surface area contributed by atoms with Gasteiger partial charge in [-0.25, -0.2) is 0 Å². The van der Waals surface area contributed by atoms with Gasteiger partial charge in [0.15, 0.2) is 0 Å². The van der Waals surface area contributed by atoms with E-state index in [1.165, 1.54) is 11.1 Å². The second kappa shape index (κ2) is 6.10. The largest absolute Gasteiger partial charge is 0.385 e. The van der Waals surface area contributed by atoms with Gasteiger partial charge in [-0.3, -0.25) is 0 Å². The summed E-state index contributed by atoms with van der Waals surface area (Å²) in [4.78, 5) is 0. The Kier molecular flexibility index (Phi) is 4.31. The van der Waals surface area contributed by atoms with Crippen molar-refractivity contribution >= 4 is 0 Å². The zero-order valence-electron chi connectivity index (χ0n) is 14.0. The van der Waals surface area contributed by atoms with Gasteiger partial charge in [-0.05, 0) is 57.1 Å². The molecule has 1 aliphatic rings. The van der Waals surface area contributed by atoms with E-state index in [1.807, 2.05) is 48.5 Å². The van der Waals surface area contributed by atoms with Gasteiger partial charge in [-0.15, -0.1) is 0 Å². The van der Waals surface area contributed by atoms with E-state index < -0.39 is 11.2 Å². The van der Waals surface area contributed by atoms with Gasteiger partial charge in [0, 0.05) is 0 Å². The lowest BCUT2D eigenvalue weighted by molar-refractivity contribution is -0.00775. The van der Waals surface area contributed by atoms with Crippen LogP contribution in [0.2, 0.25) is 0 Å². The number of aryl methyl sites for hydroxylation is 2. The van der Waals surface area contributed by atoms with E-state index in [0.717, 1.165) is 17.5 Å². The number of hydrogen-bond acceptors (Lipinski definition) is 2. The van der Waals surface area contributed by atoms with Crippen molar-refractivity contribution in [1.29, 1.82) is 0 Å². The maximum atomic E-state index is 11.1. The second-order valence-corrected chi connectivity index (χ2v) is 7.15. The Labute approximate surface area is 138 Å². The van der Waals surface area contributed by atoms with Crippen LogP contribution in [0.1, 0.15) is 54.4 Å². The summed E-state index contributed by atoms with van der Waals surface area (Å²) in [5, 5.41) is 22.3. The normalized spacial score (nSPS) is 28.3. The molecule has 0 unspecified atom stereocenters. The molecular formula is C21H26O2. The molecule has 2 N–H and O–H groups in total. The van der Waals surface area contributed by atoms with E-state index in [-0.39, 0.29) is 0 Å². The first-order chi connectivity index (χ1) is 10.9. The van der Waals surface area contributed by atoms with Gasteiger partial charge in [0.05, 0.1) is 11.2 Å². The molecule has 1 fully saturated rings. The van der Waals surface area contributed by atoms with Crippen molar-refractivity contribution in [3.05, 3.63) is 70.8 Å². The Morgan fingerprint density at radius 3 is 1.30 bits per heavy atom. The predicted molar refractivity (Wildman–Crippen MR) is 93.2 cm³/mol.